The molecule has 1 aromatic carbocycles. The van der Waals surface area contributed by atoms with Gasteiger partial charge in [-0.15, -0.1) is 0 Å². The number of rotatable bonds is 6. The zero-order valence-electron chi connectivity index (χ0n) is 14.1. The summed E-state index contributed by atoms with van der Waals surface area (Å²) < 4.78 is 5.82. The first-order valence-corrected chi connectivity index (χ1v) is 8.34. The van der Waals surface area contributed by atoms with Gasteiger partial charge in [0.15, 0.2) is 11.5 Å². The second-order valence-corrected chi connectivity index (χ2v) is 7.20. The van der Waals surface area contributed by atoms with Gasteiger partial charge in [-0.1, -0.05) is 18.9 Å². The van der Waals surface area contributed by atoms with E-state index < -0.39 is 0 Å². The lowest BCUT2D eigenvalue weighted by molar-refractivity contribution is 0.125. The molecule has 2 rings (SSSR count). The number of nitrogens with zero attached hydrogens (tertiary/aromatic N) is 1. The van der Waals surface area contributed by atoms with Crippen molar-refractivity contribution in [1.29, 1.82) is 0 Å². The molecule has 0 spiro atoms. The third-order valence-electron chi connectivity index (χ3n) is 4.20. The molecule has 124 valence electrons. The Morgan fingerprint density at radius 3 is 2.55 bits per heavy atom. The van der Waals surface area contributed by atoms with Gasteiger partial charge in [0.25, 0.3) is 0 Å². The Morgan fingerprint density at radius 2 is 1.95 bits per heavy atom. The number of nitrogens with two attached hydrogens (primary N) is 1. The minimum atomic E-state index is -0.316. The number of hydrogen-bond acceptors (Lipinski definition) is 4. The summed E-state index contributed by atoms with van der Waals surface area (Å²) in [6.45, 7) is 7.52. The van der Waals surface area contributed by atoms with Crippen LogP contribution in [0.3, 0.4) is 0 Å². The first-order valence-electron chi connectivity index (χ1n) is 8.34. The highest BCUT2D eigenvalue weighted by atomic mass is 16.5. The fraction of sp³-hybridized carbons (Fsp3) is 0.667. The molecular weight excluding hydrogens is 276 g/mol. The standard InChI is InChI=1S/C18H30N2O2/c1-18(2,3)22-17-12-14(8-9-16(17)21)10-11-20(13-19)15-6-4-5-7-15/h8-9,12,15,21H,4-7,10-11,13,19H2,1-3H3. The molecular formula is C18H30N2O2. The Hall–Kier alpha value is -1.26. The van der Waals surface area contributed by atoms with Crippen LogP contribution in [0.1, 0.15) is 52.0 Å². The van der Waals surface area contributed by atoms with Crippen LogP contribution in [-0.4, -0.2) is 34.9 Å². The molecule has 1 saturated carbocycles. The van der Waals surface area contributed by atoms with Gasteiger partial charge in [0.2, 0.25) is 0 Å². The van der Waals surface area contributed by atoms with Crippen LogP contribution in [0.15, 0.2) is 18.2 Å². The predicted molar refractivity (Wildman–Crippen MR) is 90.2 cm³/mol. The van der Waals surface area contributed by atoms with E-state index in [0.717, 1.165) is 13.0 Å². The topological polar surface area (TPSA) is 58.7 Å². The number of aromatic hydroxyl groups is 1. The highest BCUT2D eigenvalue weighted by Crippen LogP contribution is 2.30. The first kappa shape index (κ1) is 17.1. The van der Waals surface area contributed by atoms with E-state index in [4.69, 9.17) is 10.5 Å². The molecule has 1 fully saturated rings. The summed E-state index contributed by atoms with van der Waals surface area (Å²) in [5.41, 5.74) is 6.77. The van der Waals surface area contributed by atoms with Crippen LogP contribution in [-0.2, 0) is 6.42 Å². The summed E-state index contributed by atoms with van der Waals surface area (Å²) in [6, 6.07) is 6.28. The lowest BCUT2D eigenvalue weighted by Crippen LogP contribution is -2.39. The maximum atomic E-state index is 9.94. The van der Waals surface area contributed by atoms with Crippen LogP contribution in [0.2, 0.25) is 0 Å². The fourth-order valence-electron chi connectivity index (χ4n) is 3.09. The molecule has 3 N–H and O–H groups in total. The molecule has 0 heterocycles. The van der Waals surface area contributed by atoms with Gasteiger partial charge in [-0.3, -0.25) is 4.90 Å². The van der Waals surface area contributed by atoms with E-state index in [1.165, 1.54) is 31.2 Å². The smallest absolute Gasteiger partial charge is 0.161 e. The molecule has 1 aliphatic rings. The highest BCUT2D eigenvalue weighted by Gasteiger charge is 2.21. The van der Waals surface area contributed by atoms with E-state index in [1.54, 1.807) is 6.07 Å². The molecule has 4 nitrogen and oxygen atoms in total. The summed E-state index contributed by atoms with van der Waals surface area (Å²) in [5, 5.41) is 9.94. The number of benzene rings is 1. The summed E-state index contributed by atoms with van der Waals surface area (Å²) in [7, 11) is 0. The molecule has 0 radical (unpaired) electrons. The van der Waals surface area contributed by atoms with Gasteiger partial charge in [-0.2, -0.15) is 0 Å². The monoisotopic (exact) mass is 306 g/mol. The normalized spacial score (nSPS) is 16.4. The lowest BCUT2D eigenvalue weighted by Gasteiger charge is -2.27. The minimum absolute atomic E-state index is 0.199. The minimum Gasteiger partial charge on any atom is -0.504 e. The van der Waals surface area contributed by atoms with Gasteiger partial charge < -0.3 is 15.6 Å². The van der Waals surface area contributed by atoms with Gasteiger partial charge in [0.1, 0.15) is 5.60 Å². The SMILES string of the molecule is CC(C)(C)Oc1cc(CCN(CN)C2CCCC2)ccc1O. The van der Waals surface area contributed by atoms with Crippen LogP contribution < -0.4 is 10.5 Å². The number of phenols is 1. The Labute approximate surface area is 134 Å². The van der Waals surface area contributed by atoms with Crippen molar-refractivity contribution in [3.8, 4) is 11.5 Å². The Morgan fingerprint density at radius 1 is 1.27 bits per heavy atom. The second-order valence-electron chi connectivity index (χ2n) is 7.20. The van der Waals surface area contributed by atoms with Crippen molar-refractivity contribution in [3.05, 3.63) is 23.8 Å². The molecule has 0 atom stereocenters. The van der Waals surface area contributed by atoms with Crippen LogP contribution in [0.25, 0.3) is 0 Å². The van der Waals surface area contributed by atoms with Crippen LogP contribution in [0.5, 0.6) is 11.5 Å². The zero-order chi connectivity index (χ0) is 16.2. The van der Waals surface area contributed by atoms with E-state index in [0.29, 0.717) is 18.5 Å². The van der Waals surface area contributed by atoms with Crippen molar-refractivity contribution < 1.29 is 9.84 Å². The summed E-state index contributed by atoms with van der Waals surface area (Å²) >= 11 is 0. The van der Waals surface area contributed by atoms with Crippen molar-refractivity contribution in [1.82, 2.24) is 4.90 Å². The van der Waals surface area contributed by atoms with E-state index in [-0.39, 0.29) is 11.4 Å². The van der Waals surface area contributed by atoms with E-state index in [9.17, 15) is 5.11 Å². The number of ether oxygens (including phenoxy) is 1. The summed E-state index contributed by atoms with van der Waals surface area (Å²) in [4.78, 5) is 2.38. The lowest BCUT2D eigenvalue weighted by atomic mass is 10.1. The van der Waals surface area contributed by atoms with Gasteiger partial charge in [-0.05, 0) is 57.7 Å². The third-order valence-corrected chi connectivity index (χ3v) is 4.20. The summed E-state index contributed by atoms with van der Waals surface area (Å²) in [5.74, 6) is 0.760. The van der Waals surface area contributed by atoms with E-state index in [1.807, 2.05) is 32.9 Å². The van der Waals surface area contributed by atoms with Crippen LogP contribution in [0, 0.1) is 0 Å². The van der Waals surface area contributed by atoms with Gasteiger partial charge in [0.05, 0.1) is 0 Å². The summed E-state index contributed by atoms with van der Waals surface area (Å²) in [6.07, 6.45) is 6.11. The first-order chi connectivity index (χ1) is 10.4. The third kappa shape index (κ3) is 4.89. The van der Waals surface area contributed by atoms with Crippen molar-refractivity contribution >= 4 is 0 Å². The molecule has 0 bridgehead atoms. The molecule has 4 heteroatoms. The average molecular weight is 306 g/mol. The Kier molecular flexibility index (Phi) is 5.70. The maximum Gasteiger partial charge on any atom is 0.161 e. The molecule has 0 amide bonds. The average Bonchev–Trinajstić information content (AvgIpc) is 2.95. The number of phenolic OH excluding ortho intramolecular Hbond substituents is 1. The zero-order valence-corrected chi connectivity index (χ0v) is 14.1. The molecule has 0 aromatic heterocycles. The van der Waals surface area contributed by atoms with Crippen molar-refractivity contribution in [3.63, 3.8) is 0 Å². The van der Waals surface area contributed by atoms with Crippen molar-refractivity contribution in [2.45, 2.75) is 64.5 Å². The number of hydrogen-bond donors (Lipinski definition) is 2. The second kappa shape index (κ2) is 7.34. The van der Waals surface area contributed by atoms with Gasteiger partial charge >= 0.3 is 0 Å². The highest BCUT2D eigenvalue weighted by molar-refractivity contribution is 5.42. The molecule has 0 saturated heterocycles. The van der Waals surface area contributed by atoms with Gasteiger partial charge in [0, 0.05) is 19.3 Å². The van der Waals surface area contributed by atoms with Crippen molar-refractivity contribution in [2.24, 2.45) is 5.73 Å². The predicted octanol–water partition coefficient (Wildman–Crippen LogP) is 3.27. The fourth-order valence-corrected chi connectivity index (χ4v) is 3.09. The molecule has 22 heavy (non-hydrogen) atoms. The molecule has 0 unspecified atom stereocenters. The Balaban J connectivity index is 1.98. The van der Waals surface area contributed by atoms with Crippen molar-refractivity contribution in [2.75, 3.05) is 13.2 Å². The van der Waals surface area contributed by atoms with Gasteiger partial charge in [-0.25, -0.2) is 0 Å². The Bertz CT molecular complexity index is 476. The largest absolute Gasteiger partial charge is 0.504 e. The molecule has 1 aromatic rings. The van der Waals surface area contributed by atoms with E-state index in [2.05, 4.69) is 4.90 Å². The molecule has 0 aliphatic heterocycles. The maximum absolute atomic E-state index is 9.94. The van der Waals surface area contributed by atoms with E-state index >= 15 is 0 Å². The van der Waals surface area contributed by atoms with Crippen LogP contribution in [0.4, 0.5) is 0 Å². The quantitative estimate of drug-likeness (QED) is 0.792. The molecule has 1 aliphatic carbocycles. The van der Waals surface area contributed by atoms with Crippen LogP contribution >= 0.6 is 0 Å².